The summed E-state index contributed by atoms with van der Waals surface area (Å²) in [6.45, 7) is 0.734. The number of nitrogens with zero attached hydrogens (tertiary/aromatic N) is 1. The van der Waals surface area contributed by atoms with E-state index in [1.54, 1.807) is 7.11 Å². The van der Waals surface area contributed by atoms with Crippen molar-refractivity contribution in [3.05, 3.63) is 89.4 Å². The van der Waals surface area contributed by atoms with E-state index in [1.165, 1.54) is 0 Å². The minimum atomic E-state index is 0.734. The Morgan fingerprint density at radius 1 is 0.826 bits per heavy atom. The number of rotatable bonds is 5. The van der Waals surface area contributed by atoms with Gasteiger partial charge in [0.15, 0.2) is 17.9 Å². The van der Waals surface area contributed by atoms with Crippen LogP contribution in [0.5, 0.6) is 5.75 Å². The highest BCUT2D eigenvalue weighted by molar-refractivity contribution is 6.30. The number of halogens is 1. The average Bonchev–Trinajstić information content (AvgIpc) is 2.60. The Kier molecular flexibility index (Phi) is 4.96. The lowest BCUT2D eigenvalue weighted by Crippen LogP contribution is -2.17. The summed E-state index contributed by atoms with van der Waals surface area (Å²) in [6, 6.07) is 26.3. The van der Waals surface area contributed by atoms with E-state index in [0.29, 0.717) is 0 Å². The lowest BCUT2D eigenvalue weighted by Gasteiger charge is -2.12. The van der Waals surface area contributed by atoms with Gasteiger partial charge in [-0.05, 0) is 18.2 Å². The van der Waals surface area contributed by atoms with Crippen LogP contribution in [0.2, 0.25) is 5.02 Å². The largest absolute Gasteiger partial charge is 0.497 e. The fourth-order valence-electron chi connectivity index (χ4n) is 2.54. The third-order valence-corrected chi connectivity index (χ3v) is 3.90. The van der Waals surface area contributed by atoms with Crippen LogP contribution in [0.3, 0.4) is 0 Å². The first-order chi connectivity index (χ1) is 11.3. The van der Waals surface area contributed by atoms with Gasteiger partial charge >= 0.3 is 0 Å². The number of hydrogen-bond acceptors (Lipinski definition) is 2. The van der Waals surface area contributed by atoms with Crippen LogP contribution < -0.4 is 9.64 Å². The van der Waals surface area contributed by atoms with Gasteiger partial charge in [-0.15, -0.1) is 0 Å². The second kappa shape index (κ2) is 7.32. The molecule has 0 aliphatic heterocycles. The van der Waals surface area contributed by atoms with Crippen molar-refractivity contribution in [1.82, 2.24) is 4.90 Å². The number of benzene rings is 3. The average molecular weight is 324 g/mol. The topological polar surface area (TPSA) is 15.1 Å². The van der Waals surface area contributed by atoms with Crippen molar-refractivity contribution in [2.24, 2.45) is 0 Å². The van der Waals surface area contributed by atoms with E-state index in [2.05, 4.69) is 29.2 Å². The van der Waals surface area contributed by atoms with Crippen LogP contribution in [0.4, 0.5) is 11.4 Å². The van der Waals surface area contributed by atoms with Gasteiger partial charge in [-0.25, -0.2) is 0 Å². The Labute approximate surface area is 141 Å². The molecule has 0 atom stereocenters. The molecular weight excluding hydrogens is 306 g/mol. The Bertz CT molecular complexity index is 773. The van der Waals surface area contributed by atoms with Gasteiger partial charge < -0.3 is 4.74 Å². The fraction of sp³-hybridized carbons (Fsp3) is 0.100. The highest BCUT2D eigenvalue weighted by atomic mass is 35.5. The smallest absolute Gasteiger partial charge is 0.190 e. The van der Waals surface area contributed by atoms with Gasteiger partial charge in [0.25, 0.3) is 0 Å². The van der Waals surface area contributed by atoms with E-state index in [4.69, 9.17) is 16.3 Å². The van der Waals surface area contributed by atoms with E-state index < -0.39 is 0 Å². The molecule has 0 heterocycles. The van der Waals surface area contributed by atoms with Gasteiger partial charge in [-0.2, -0.15) is 0 Å². The van der Waals surface area contributed by atoms with Crippen LogP contribution in [0.1, 0.15) is 5.56 Å². The zero-order chi connectivity index (χ0) is 16.1. The molecule has 0 saturated heterocycles. The van der Waals surface area contributed by atoms with Crippen LogP contribution >= 0.6 is 11.6 Å². The highest BCUT2D eigenvalue weighted by Crippen LogP contribution is 2.29. The highest BCUT2D eigenvalue weighted by Gasteiger charge is 2.23. The summed E-state index contributed by atoms with van der Waals surface area (Å²) in [5.74, 6) is 0.842. The maximum absolute atomic E-state index is 6.13. The van der Waals surface area contributed by atoms with Crippen molar-refractivity contribution >= 4 is 23.0 Å². The van der Waals surface area contributed by atoms with Crippen molar-refractivity contribution in [1.29, 1.82) is 0 Å². The van der Waals surface area contributed by atoms with E-state index in [-0.39, 0.29) is 0 Å². The molecule has 0 saturated carbocycles. The number of hydrogen-bond donors (Lipinski definition) is 0. The first-order valence-corrected chi connectivity index (χ1v) is 7.85. The number of para-hydroxylation sites is 1. The number of ether oxygens (including phenoxy) is 1. The van der Waals surface area contributed by atoms with E-state index in [0.717, 1.165) is 34.3 Å². The van der Waals surface area contributed by atoms with Gasteiger partial charge in [0, 0.05) is 34.9 Å². The maximum Gasteiger partial charge on any atom is 0.190 e. The van der Waals surface area contributed by atoms with Crippen LogP contribution in [0.15, 0.2) is 78.9 Å². The van der Waals surface area contributed by atoms with E-state index >= 15 is 0 Å². The summed E-state index contributed by atoms with van der Waals surface area (Å²) in [6.07, 6.45) is 0. The van der Waals surface area contributed by atoms with Gasteiger partial charge in [0.2, 0.25) is 0 Å². The molecule has 0 spiro atoms. The second-order valence-electron chi connectivity index (χ2n) is 5.25. The van der Waals surface area contributed by atoms with Gasteiger partial charge in [-0.1, -0.05) is 52.9 Å². The molecule has 0 aliphatic rings. The Hall–Kier alpha value is -2.29. The predicted octanol–water partition coefficient (Wildman–Crippen LogP) is 5.65. The molecule has 2 nitrogen and oxygen atoms in total. The summed E-state index contributed by atoms with van der Waals surface area (Å²) >= 11 is 6.13. The summed E-state index contributed by atoms with van der Waals surface area (Å²) in [4.78, 5) is 2.24. The zero-order valence-electron chi connectivity index (χ0n) is 12.9. The second-order valence-corrected chi connectivity index (χ2v) is 5.69. The van der Waals surface area contributed by atoms with Crippen molar-refractivity contribution in [2.45, 2.75) is 6.54 Å². The molecule has 1 radical (unpaired) electrons. The monoisotopic (exact) mass is 323 g/mol. The first kappa shape index (κ1) is 15.6. The molecule has 3 aromatic carbocycles. The standard InChI is InChI=1S/C20H18ClNO/c1-23-20-12-6-11-19(14-20)22(18-9-3-2-4-10-18)15-16-7-5-8-17(21)13-16/h2-14H,15H2,1H3/q+1. The molecule has 3 aromatic rings. The Balaban J connectivity index is 2.00. The van der Waals surface area contributed by atoms with Crippen molar-refractivity contribution in [2.75, 3.05) is 7.11 Å². The van der Waals surface area contributed by atoms with Crippen LogP contribution in [0, 0.1) is 0 Å². The molecule has 0 N–H and O–H groups in total. The quantitative estimate of drug-likeness (QED) is 0.554. The van der Waals surface area contributed by atoms with Crippen molar-refractivity contribution in [3.63, 3.8) is 0 Å². The predicted molar refractivity (Wildman–Crippen MR) is 96.0 cm³/mol. The summed E-state index contributed by atoms with van der Waals surface area (Å²) in [5, 5.41) is 0.751. The fourth-order valence-corrected chi connectivity index (χ4v) is 2.75. The third-order valence-electron chi connectivity index (χ3n) is 3.66. The molecule has 0 aliphatic carbocycles. The summed E-state index contributed by atoms with van der Waals surface area (Å²) in [7, 11) is 1.68. The summed E-state index contributed by atoms with van der Waals surface area (Å²) in [5.41, 5.74) is 3.36. The molecule has 3 heteroatoms. The maximum atomic E-state index is 6.13. The minimum absolute atomic E-state index is 0.734. The van der Waals surface area contributed by atoms with Gasteiger partial charge in [0.1, 0.15) is 5.75 Å². The normalized spacial score (nSPS) is 10.7. The first-order valence-electron chi connectivity index (χ1n) is 7.47. The molecule has 115 valence electrons. The molecule has 0 fully saturated rings. The number of anilines is 2. The molecule has 0 unspecified atom stereocenters. The van der Waals surface area contributed by atoms with Crippen molar-refractivity contribution < 1.29 is 4.74 Å². The Morgan fingerprint density at radius 2 is 1.57 bits per heavy atom. The van der Waals surface area contributed by atoms with E-state index in [1.807, 2.05) is 54.6 Å². The van der Waals surface area contributed by atoms with Crippen molar-refractivity contribution in [3.8, 4) is 5.75 Å². The minimum Gasteiger partial charge on any atom is -0.497 e. The molecule has 23 heavy (non-hydrogen) atoms. The number of methoxy groups -OCH3 is 1. The van der Waals surface area contributed by atoms with Crippen LogP contribution in [0.25, 0.3) is 0 Å². The Morgan fingerprint density at radius 3 is 2.30 bits per heavy atom. The molecule has 0 bridgehead atoms. The van der Waals surface area contributed by atoms with Crippen LogP contribution in [-0.4, -0.2) is 7.11 Å². The molecule has 3 rings (SSSR count). The van der Waals surface area contributed by atoms with E-state index in [9.17, 15) is 0 Å². The third kappa shape index (κ3) is 3.92. The lowest BCUT2D eigenvalue weighted by molar-refractivity contribution is 0.414. The van der Waals surface area contributed by atoms with Crippen LogP contribution in [-0.2, 0) is 6.54 Å². The summed E-state index contributed by atoms with van der Waals surface area (Å²) < 4.78 is 5.36. The lowest BCUT2D eigenvalue weighted by atomic mass is 10.1. The molecular formula is C20H18ClNO+. The molecule has 0 amide bonds. The molecule has 0 aromatic heterocycles. The zero-order valence-corrected chi connectivity index (χ0v) is 13.7. The van der Waals surface area contributed by atoms with Gasteiger partial charge in [0.05, 0.1) is 7.11 Å². The SMILES string of the molecule is COc1cccc([N+](Cc2cccc(Cl)c2)c2ccccc2)c1. The van der Waals surface area contributed by atoms with Gasteiger partial charge in [-0.3, -0.25) is 0 Å².